The Hall–Kier alpha value is -0.680. The molecule has 0 rings (SSSR count). The summed E-state index contributed by atoms with van der Waals surface area (Å²) in [6.07, 6.45) is -5.12. The highest BCUT2D eigenvalue weighted by atomic mass is 19.1. The van der Waals surface area contributed by atoms with Gasteiger partial charge in [0.15, 0.2) is 0 Å². The van der Waals surface area contributed by atoms with E-state index in [0.29, 0.717) is 0 Å². The highest BCUT2D eigenvalue weighted by Crippen LogP contribution is 2.06. The molecule has 0 bridgehead atoms. The van der Waals surface area contributed by atoms with Gasteiger partial charge in [0.25, 0.3) is 0 Å². The van der Waals surface area contributed by atoms with Crippen LogP contribution in [0.15, 0.2) is 0 Å². The summed E-state index contributed by atoms with van der Waals surface area (Å²) in [5.41, 5.74) is 0. The van der Waals surface area contributed by atoms with Crippen LogP contribution in [0.5, 0.6) is 0 Å². The minimum Gasteiger partial charge on any atom is -0.479 e. The van der Waals surface area contributed by atoms with E-state index in [0.717, 1.165) is 0 Å². The fraction of sp³-hybridized carbons (Fsp3) is 0.833. The molecule has 0 amide bonds. The van der Waals surface area contributed by atoms with Gasteiger partial charge in [-0.15, -0.1) is 0 Å². The largest absolute Gasteiger partial charge is 0.479 e. The van der Waals surface area contributed by atoms with Crippen molar-refractivity contribution >= 4 is 5.97 Å². The summed E-state index contributed by atoms with van der Waals surface area (Å²) in [5, 5.41) is 25.4. The number of aliphatic hydroxyl groups is 2. The molecule has 0 aliphatic heterocycles. The van der Waals surface area contributed by atoms with Crippen LogP contribution >= 0.6 is 0 Å². The van der Waals surface area contributed by atoms with Crippen molar-refractivity contribution in [2.75, 3.05) is 0 Å². The Morgan fingerprint density at radius 1 is 1.55 bits per heavy atom. The van der Waals surface area contributed by atoms with Crippen LogP contribution in [0.1, 0.15) is 13.3 Å². The number of alkyl halides is 1. The molecule has 3 atom stereocenters. The molecule has 0 aromatic carbocycles. The monoisotopic (exact) mass is 166 g/mol. The van der Waals surface area contributed by atoms with Crippen LogP contribution in [0.25, 0.3) is 0 Å². The van der Waals surface area contributed by atoms with Crippen molar-refractivity contribution in [3.8, 4) is 0 Å². The number of carboxylic acid groups (broad SMARTS) is 1. The molecular weight excluding hydrogens is 155 g/mol. The lowest BCUT2D eigenvalue weighted by Gasteiger charge is -2.12. The molecule has 0 unspecified atom stereocenters. The zero-order valence-corrected chi connectivity index (χ0v) is 6.07. The number of hydrogen-bond acceptors (Lipinski definition) is 3. The van der Waals surface area contributed by atoms with Gasteiger partial charge in [-0.25, -0.2) is 9.18 Å². The van der Waals surface area contributed by atoms with Crippen LogP contribution in [0.4, 0.5) is 4.39 Å². The molecule has 0 heterocycles. The molecule has 0 saturated carbocycles. The van der Waals surface area contributed by atoms with E-state index in [4.69, 9.17) is 15.3 Å². The molecule has 0 aromatic heterocycles. The van der Waals surface area contributed by atoms with Crippen LogP contribution in [-0.2, 0) is 4.79 Å². The number of carboxylic acids is 1. The number of aliphatic carboxylic acids is 1. The van der Waals surface area contributed by atoms with Crippen LogP contribution in [-0.4, -0.2) is 39.7 Å². The first-order chi connectivity index (χ1) is 4.95. The third kappa shape index (κ3) is 3.90. The molecule has 0 saturated heterocycles. The van der Waals surface area contributed by atoms with E-state index in [1.54, 1.807) is 0 Å². The molecule has 11 heavy (non-hydrogen) atoms. The number of carbonyl (C=O) groups is 1. The summed E-state index contributed by atoms with van der Waals surface area (Å²) >= 11 is 0. The van der Waals surface area contributed by atoms with Gasteiger partial charge in [0.2, 0.25) is 6.17 Å². The molecule has 0 aromatic rings. The zero-order chi connectivity index (χ0) is 9.02. The van der Waals surface area contributed by atoms with Gasteiger partial charge >= 0.3 is 5.97 Å². The van der Waals surface area contributed by atoms with E-state index < -0.39 is 24.3 Å². The van der Waals surface area contributed by atoms with Crippen molar-refractivity contribution in [2.45, 2.75) is 31.7 Å². The van der Waals surface area contributed by atoms with Crippen LogP contribution in [0.2, 0.25) is 0 Å². The normalized spacial score (nSPS) is 18.9. The summed E-state index contributed by atoms with van der Waals surface area (Å²) in [6, 6.07) is 0. The molecule has 0 spiro atoms. The van der Waals surface area contributed by atoms with E-state index in [-0.39, 0.29) is 6.42 Å². The lowest BCUT2D eigenvalue weighted by Crippen LogP contribution is -2.32. The summed E-state index contributed by atoms with van der Waals surface area (Å²) in [5.74, 6) is -1.71. The Morgan fingerprint density at radius 2 is 2.00 bits per heavy atom. The van der Waals surface area contributed by atoms with Gasteiger partial charge in [-0.1, -0.05) is 0 Å². The van der Waals surface area contributed by atoms with Crippen molar-refractivity contribution in [1.29, 1.82) is 0 Å². The fourth-order valence-electron chi connectivity index (χ4n) is 0.634. The molecule has 0 radical (unpaired) electrons. The van der Waals surface area contributed by atoms with Gasteiger partial charge in [-0.2, -0.15) is 0 Å². The summed E-state index contributed by atoms with van der Waals surface area (Å²) in [4.78, 5) is 9.91. The quantitative estimate of drug-likeness (QED) is 0.528. The molecule has 3 N–H and O–H groups in total. The number of hydrogen-bond donors (Lipinski definition) is 3. The summed E-state index contributed by atoms with van der Waals surface area (Å²) in [7, 11) is 0. The zero-order valence-electron chi connectivity index (χ0n) is 6.07. The predicted molar refractivity (Wildman–Crippen MR) is 34.8 cm³/mol. The molecule has 0 aliphatic rings. The topological polar surface area (TPSA) is 77.8 Å². The van der Waals surface area contributed by atoms with Gasteiger partial charge in [0.1, 0.15) is 0 Å². The first-order valence-electron chi connectivity index (χ1n) is 3.18. The second-order valence-electron chi connectivity index (χ2n) is 2.39. The molecular formula is C6H11FO4. The summed E-state index contributed by atoms with van der Waals surface area (Å²) < 4.78 is 12.3. The maximum absolute atomic E-state index is 12.3. The molecule has 66 valence electrons. The molecule has 0 fully saturated rings. The van der Waals surface area contributed by atoms with Crippen molar-refractivity contribution in [2.24, 2.45) is 0 Å². The van der Waals surface area contributed by atoms with Crippen molar-refractivity contribution < 1.29 is 24.5 Å². The second-order valence-corrected chi connectivity index (χ2v) is 2.39. The standard InChI is InChI=1S/C6H11FO4/c1-3(8)2-4(9)5(7)6(10)11/h3-5,8-9H,2H2,1H3,(H,10,11)/t3-,4-,5+/m0/s1. The fourth-order valence-corrected chi connectivity index (χ4v) is 0.634. The second kappa shape index (κ2) is 4.25. The Bertz CT molecular complexity index is 137. The number of halogens is 1. The summed E-state index contributed by atoms with van der Waals surface area (Å²) in [6.45, 7) is 1.35. The van der Waals surface area contributed by atoms with Gasteiger partial charge in [0, 0.05) is 6.42 Å². The van der Waals surface area contributed by atoms with Crippen molar-refractivity contribution in [1.82, 2.24) is 0 Å². The van der Waals surface area contributed by atoms with Gasteiger partial charge in [-0.3, -0.25) is 0 Å². The first-order valence-corrected chi connectivity index (χ1v) is 3.18. The Kier molecular flexibility index (Phi) is 3.99. The molecule has 4 nitrogen and oxygen atoms in total. The van der Waals surface area contributed by atoms with Crippen LogP contribution < -0.4 is 0 Å². The molecule has 5 heteroatoms. The molecule has 0 aliphatic carbocycles. The van der Waals surface area contributed by atoms with Gasteiger partial charge in [-0.05, 0) is 6.92 Å². The van der Waals surface area contributed by atoms with E-state index in [9.17, 15) is 9.18 Å². The third-order valence-corrected chi connectivity index (χ3v) is 1.16. The van der Waals surface area contributed by atoms with Crippen LogP contribution in [0.3, 0.4) is 0 Å². The Morgan fingerprint density at radius 3 is 2.27 bits per heavy atom. The number of rotatable bonds is 4. The SMILES string of the molecule is C[C@H](O)C[C@H](O)[C@@H](F)C(=O)O. The van der Waals surface area contributed by atoms with Crippen molar-refractivity contribution in [3.05, 3.63) is 0 Å². The highest BCUT2D eigenvalue weighted by molar-refractivity contribution is 5.72. The van der Waals surface area contributed by atoms with E-state index in [1.165, 1.54) is 6.92 Å². The Balaban J connectivity index is 3.82. The first kappa shape index (κ1) is 10.3. The van der Waals surface area contributed by atoms with E-state index in [2.05, 4.69) is 0 Å². The average molecular weight is 166 g/mol. The average Bonchev–Trinajstić information content (AvgIpc) is 1.84. The highest BCUT2D eigenvalue weighted by Gasteiger charge is 2.26. The van der Waals surface area contributed by atoms with Crippen LogP contribution in [0, 0.1) is 0 Å². The maximum Gasteiger partial charge on any atom is 0.341 e. The van der Waals surface area contributed by atoms with Gasteiger partial charge in [0.05, 0.1) is 12.2 Å². The van der Waals surface area contributed by atoms with Gasteiger partial charge < -0.3 is 15.3 Å². The minimum atomic E-state index is -2.32. The minimum absolute atomic E-state index is 0.270. The smallest absolute Gasteiger partial charge is 0.341 e. The van der Waals surface area contributed by atoms with Crippen molar-refractivity contribution in [3.63, 3.8) is 0 Å². The third-order valence-electron chi connectivity index (χ3n) is 1.16. The lowest BCUT2D eigenvalue weighted by atomic mass is 10.1. The predicted octanol–water partition coefficient (Wildman–Crippen LogP) is -0.459. The van der Waals surface area contributed by atoms with E-state index >= 15 is 0 Å². The van der Waals surface area contributed by atoms with E-state index in [1.807, 2.05) is 0 Å². The lowest BCUT2D eigenvalue weighted by molar-refractivity contribution is -0.147. The Labute approximate surface area is 63.3 Å². The maximum atomic E-state index is 12.3. The number of aliphatic hydroxyl groups excluding tert-OH is 2.